The third-order valence-electron chi connectivity index (χ3n) is 3.14. The molecule has 1 N–H and O–H groups in total. The molecule has 132 valence electrons. The number of hydrogen-bond donors (Lipinski definition) is 1. The van der Waals surface area contributed by atoms with Crippen LogP contribution in [-0.4, -0.2) is 43.7 Å². The van der Waals surface area contributed by atoms with Gasteiger partial charge in [0.1, 0.15) is 5.56 Å². The number of hydrogen-bond acceptors (Lipinski definition) is 5. The van der Waals surface area contributed by atoms with E-state index in [1.165, 1.54) is 18.0 Å². The van der Waals surface area contributed by atoms with Crippen LogP contribution in [0, 0.1) is 0 Å². The Labute approximate surface area is 133 Å². The SMILES string of the molecule is COc1nn(C)cc1C(=O)NCCn1nc(C(F)(F)F)n(C)c1=O. The summed E-state index contributed by atoms with van der Waals surface area (Å²) < 4.78 is 45.4. The van der Waals surface area contributed by atoms with Crippen molar-refractivity contribution in [2.24, 2.45) is 14.1 Å². The van der Waals surface area contributed by atoms with Crippen molar-refractivity contribution in [2.45, 2.75) is 12.7 Å². The van der Waals surface area contributed by atoms with E-state index in [2.05, 4.69) is 15.5 Å². The first kappa shape index (κ1) is 17.6. The molecule has 0 spiro atoms. The molecule has 0 aromatic carbocycles. The van der Waals surface area contributed by atoms with E-state index in [1.807, 2.05) is 0 Å². The fourth-order valence-corrected chi connectivity index (χ4v) is 2.03. The Balaban J connectivity index is 2.05. The highest BCUT2D eigenvalue weighted by atomic mass is 19.4. The minimum atomic E-state index is -4.73. The number of nitrogens with one attached hydrogen (secondary N) is 1. The molecule has 0 aliphatic rings. The molecule has 0 bridgehead atoms. The van der Waals surface area contributed by atoms with E-state index >= 15 is 0 Å². The Hall–Kier alpha value is -2.79. The number of nitrogens with zero attached hydrogens (tertiary/aromatic N) is 5. The van der Waals surface area contributed by atoms with Crippen LogP contribution in [0.4, 0.5) is 13.2 Å². The third kappa shape index (κ3) is 3.41. The monoisotopic (exact) mass is 348 g/mol. The Kier molecular flexibility index (Phi) is 4.66. The van der Waals surface area contributed by atoms with Crippen LogP contribution in [0.15, 0.2) is 11.0 Å². The molecule has 12 heteroatoms. The van der Waals surface area contributed by atoms with Crippen molar-refractivity contribution in [3.63, 3.8) is 0 Å². The number of aromatic nitrogens is 5. The lowest BCUT2D eigenvalue weighted by Gasteiger charge is -2.04. The molecule has 2 heterocycles. The molecule has 0 saturated carbocycles. The van der Waals surface area contributed by atoms with Gasteiger partial charge in [0.15, 0.2) is 0 Å². The second-order valence-corrected chi connectivity index (χ2v) is 4.87. The van der Waals surface area contributed by atoms with E-state index in [9.17, 15) is 22.8 Å². The summed E-state index contributed by atoms with van der Waals surface area (Å²) in [6.07, 6.45) is -3.30. The first-order chi connectivity index (χ1) is 11.1. The fourth-order valence-electron chi connectivity index (χ4n) is 2.03. The van der Waals surface area contributed by atoms with Gasteiger partial charge in [0, 0.05) is 26.8 Å². The van der Waals surface area contributed by atoms with Gasteiger partial charge in [0.2, 0.25) is 11.7 Å². The molecular weight excluding hydrogens is 333 g/mol. The minimum Gasteiger partial charge on any atom is -0.479 e. The smallest absolute Gasteiger partial charge is 0.451 e. The zero-order valence-corrected chi connectivity index (χ0v) is 13.1. The van der Waals surface area contributed by atoms with Crippen molar-refractivity contribution >= 4 is 5.91 Å². The van der Waals surface area contributed by atoms with Gasteiger partial charge in [-0.15, -0.1) is 10.2 Å². The van der Waals surface area contributed by atoms with Crippen molar-refractivity contribution < 1.29 is 22.7 Å². The highest BCUT2D eigenvalue weighted by Gasteiger charge is 2.37. The summed E-state index contributed by atoms with van der Waals surface area (Å²) in [5, 5.41) is 9.62. The van der Waals surface area contributed by atoms with Gasteiger partial charge < -0.3 is 10.1 Å². The van der Waals surface area contributed by atoms with E-state index in [1.54, 1.807) is 7.05 Å². The van der Waals surface area contributed by atoms with Crippen molar-refractivity contribution in [3.05, 3.63) is 28.1 Å². The number of rotatable bonds is 5. The average molecular weight is 348 g/mol. The quantitative estimate of drug-likeness (QED) is 0.805. The molecule has 0 fully saturated rings. The molecular formula is C12H15F3N6O3. The number of methoxy groups -OCH3 is 1. The van der Waals surface area contributed by atoms with Crippen LogP contribution in [0.25, 0.3) is 0 Å². The van der Waals surface area contributed by atoms with E-state index < -0.39 is 23.6 Å². The summed E-state index contributed by atoms with van der Waals surface area (Å²) in [5.41, 5.74) is -0.750. The summed E-state index contributed by atoms with van der Waals surface area (Å²) in [5.74, 6) is -1.71. The van der Waals surface area contributed by atoms with Gasteiger partial charge in [-0.25, -0.2) is 9.48 Å². The van der Waals surface area contributed by atoms with Crippen molar-refractivity contribution in [3.8, 4) is 5.88 Å². The van der Waals surface area contributed by atoms with Crippen LogP contribution in [-0.2, 0) is 26.8 Å². The standard InChI is InChI=1S/C12H15F3N6O3/c1-19-6-7(9(17-19)24-3)8(22)16-4-5-21-11(23)20(2)10(18-21)12(13,14)15/h6H,4-5H2,1-3H3,(H,16,22). The van der Waals surface area contributed by atoms with Crippen LogP contribution in [0.5, 0.6) is 5.88 Å². The number of aryl methyl sites for hydroxylation is 1. The summed E-state index contributed by atoms with van der Waals surface area (Å²) >= 11 is 0. The first-order valence-electron chi connectivity index (χ1n) is 6.72. The lowest BCUT2D eigenvalue weighted by atomic mass is 10.3. The van der Waals surface area contributed by atoms with Crippen LogP contribution in [0.3, 0.4) is 0 Å². The predicted octanol–water partition coefficient (Wildman–Crippen LogP) is -0.227. The number of carbonyl (C=O) groups is 1. The number of carbonyl (C=O) groups excluding carboxylic acids is 1. The lowest BCUT2D eigenvalue weighted by Crippen LogP contribution is -2.31. The van der Waals surface area contributed by atoms with E-state index in [0.717, 1.165) is 7.05 Å². The van der Waals surface area contributed by atoms with E-state index in [-0.39, 0.29) is 24.5 Å². The summed E-state index contributed by atoms with van der Waals surface area (Å²) in [4.78, 5) is 23.7. The van der Waals surface area contributed by atoms with E-state index in [0.29, 0.717) is 9.25 Å². The maximum atomic E-state index is 12.7. The Bertz CT molecular complexity index is 804. The van der Waals surface area contributed by atoms with Gasteiger partial charge in [0.05, 0.1) is 13.7 Å². The van der Waals surface area contributed by atoms with Gasteiger partial charge in [0.25, 0.3) is 5.91 Å². The number of alkyl halides is 3. The van der Waals surface area contributed by atoms with Crippen molar-refractivity contribution in [1.82, 2.24) is 29.4 Å². The maximum absolute atomic E-state index is 12.7. The fraction of sp³-hybridized carbons (Fsp3) is 0.500. The van der Waals surface area contributed by atoms with Gasteiger partial charge in [-0.1, -0.05) is 0 Å². The second kappa shape index (κ2) is 6.37. The minimum absolute atomic E-state index is 0.0922. The predicted molar refractivity (Wildman–Crippen MR) is 74.6 cm³/mol. The third-order valence-corrected chi connectivity index (χ3v) is 3.14. The molecule has 0 aliphatic carbocycles. The largest absolute Gasteiger partial charge is 0.479 e. The molecule has 2 aromatic heterocycles. The number of amides is 1. The molecule has 0 atom stereocenters. The Morgan fingerprint density at radius 3 is 2.54 bits per heavy atom. The van der Waals surface area contributed by atoms with Gasteiger partial charge in [-0.3, -0.25) is 14.0 Å². The van der Waals surface area contributed by atoms with E-state index in [4.69, 9.17) is 4.74 Å². The Morgan fingerprint density at radius 2 is 2.00 bits per heavy atom. The molecule has 2 rings (SSSR count). The lowest BCUT2D eigenvalue weighted by molar-refractivity contribution is -0.147. The van der Waals surface area contributed by atoms with Crippen LogP contribution in [0.1, 0.15) is 16.2 Å². The van der Waals surface area contributed by atoms with Crippen molar-refractivity contribution in [1.29, 1.82) is 0 Å². The Morgan fingerprint density at radius 1 is 1.33 bits per heavy atom. The topological polar surface area (TPSA) is 96.0 Å². The molecule has 24 heavy (non-hydrogen) atoms. The van der Waals surface area contributed by atoms with Gasteiger partial charge >= 0.3 is 11.9 Å². The molecule has 0 saturated heterocycles. The maximum Gasteiger partial charge on any atom is 0.451 e. The molecule has 9 nitrogen and oxygen atoms in total. The van der Waals surface area contributed by atoms with Crippen molar-refractivity contribution in [2.75, 3.05) is 13.7 Å². The van der Waals surface area contributed by atoms with Crippen LogP contribution in [0.2, 0.25) is 0 Å². The van der Waals surface area contributed by atoms with Gasteiger partial charge in [-0.05, 0) is 0 Å². The normalized spacial score (nSPS) is 11.6. The highest BCUT2D eigenvalue weighted by molar-refractivity contribution is 5.96. The first-order valence-corrected chi connectivity index (χ1v) is 6.72. The second-order valence-electron chi connectivity index (χ2n) is 4.87. The molecule has 1 amide bonds. The summed E-state index contributed by atoms with van der Waals surface area (Å²) in [6.45, 7) is -0.303. The van der Waals surface area contributed by atoms with Crippen LogP contribution < -0.4 is 15.7 Å². The zero-order chi connectivity index (χ0) is 18.1. The van der Waals surface area contributed by atoms with Crippen LogP contribution >= 0.6 is 0 Å². The molecule has 0 unspecified atom stereocenters. The average Bonchev–Trinajstić information content (AvgIpc) is 3.01. The highest BCUT2D eigenvalue weighted by Crippen LogP contribution is 2.25. The summed E-state index contributed by atoms with van der Waals surface area (Å²) in [6, 6.07) is 0. The molecule has 2 aromatic rings. The molecule has 0 radical (unpaired) electrons. The number of ether oxygens (including phenoxy) is 1. The number of halogens is 3. The zero-order valence-electron chi connectivity index (χ0n) is 13.1. The van der Waals surface area contributed by atoms with Gasteiger partial charge in [-0.2, -0.15) is 13.2 Å². The summed E-state index contributed by atoms with van der Waals surface area (Å²) in [7, 11) is 3.93. The molecule has 0 aliphatic heterocycles.